The third-order valence-electron chi connectivity index (χ3n) is 14.2. The highest BCUT2D eigenvalue weighted by molar-refractivity contribution is 7.21. The van der Waals surface area contributed by atoms with Crippen molar-refractivity contribution in [3.63, 3.8) is 0 Å². The largest absolute Gasteiger partial charge is 0.458 e. The summed E-state index contributed by atoms with van der Waals surface area (Å²) in [7, 11) is -4.30. The quantitative estimate of drug-likeness (QED) is 0.171. The van der Waals surface area contributed by atoms with Gasteiger partial charge >= 0.3 is 0 Å². The lowest BCUT2D eigenvalue weighted by atomic mass is 9.36. The number of aromatic nitrogens is 1. The topological polar surface area (TPSA) is 17.4 Å². The maximum Gasteiger partial charge on any atom is 0.240 e. The molecular weight excluding hydrogens is 700 g/mol. The van der Waals surface area contributed by atoms with E-state index in [1.807, 2.05) is 0 Å². The van der Waals surface area contributed by atoms with Crippen LogP contribution >= 0.6 is 0 Å². The SMILES string of the molecule is CC(C)(C)c1cc2c3c(c1)[Si](C)(C)c1cc(-n4c5c(c6ccccc64)CCC5)ccc1B3c1ccc(N3C4=C(CCCC4)Oc4ccccc43)cc1[Si]2(C)C. The van der Waals surface area contributed by atoms with E-state index in [1.165, 1.54) is 76.1 Å². The van der Waals surface area contributed by atoms with Crippen LogP contribution in [0.15, 0.2) is 109 Å². The van der Waals surface area contributed by atoms with Crippen LogP contribution in [0.2, 0.25) is 26.2 Å². The van der Waals surface area contributed by atoms with Crippen molar-refractivity contribution in [2.45, 2.75) is 97.3 Å². The minimum Gasteiger partial charge on any atom is -0.458 e. The standard InChI is InChI=1S/C49H51BN2OSi2/c1-49(2,3)31-27-46-48-47(28-31)55(6,7)45-30-33(52-40-18-10-12-21-42(40)53-43-22-13-11-19-41(43)52)24-26-37(45)50(48)36-25-23-32(29-44(36)54(46,4)5)51-38-17-9-8-15-34(38)35-16-14-20-39(35)51/h8-10,12,15,17-18,21,23-30H,11,13-14,16,19-20,22H2,1-7H3. The number of rotatable bonds is 2. The van der Waals surface area contributed by atoms with Crippen molar-refractivity contribution in [3.05, 3.63) is 125 Å². The lowest BCUT2D eigenvalue weighted by molar-refractivity contribution is 0.363. The summed E-state index contributed by atoms with van der Waals surface area (Å²) in [6.45, 7) is 18.0. The van der Waals surface area contributed by atoms with Crippen LogP contribution in [0.3, 0.4) is 0 Å². The van der Waals surface area contributed by atoms with Crippen LogP contribution in [0.25, 0.3) is 16.6 Å². The third-order valence-corrected chi connectivity index (χ3v) is 21.2. The lowest BCUT2D eigenvalue weighted by Gasteiger charge is -2.47. The molecule has 5 aliphatic rings. The summed E-state index contributed by atoms with van der Waals surface area (Å²) in [5.41, 5.74) is 15.9. The van der Waals surface area contributed by atoms with Crippen molar-refractivity contribution in [3.8, 4) is 11.4 Å². The van der Waals surface area contributed by atoms with E-state index >= 15 is 0 Å². The molecule has 0 fully saturated rings. The summed E-state index contributed by atoms with van der Waals surface area (Å²) >= 11 is 0. The minimum atomic E-state index is -2.16. The molecule has 3 nitrogen and oxygen atoms in total. The highest BCUT2D eigenvalue weighted by Crippen LogP contribution is 2.46. The van der Waals surface area contributed by atoms with Gasteiger partial charge in [-0.2, -0.15) is 0 Å². The average Bonchev–Trinajstić information content (AvgIpc) is 3.77. The predicted octanol–water partition coefficient (Wildman–Crippen LogP) is 7.52. The number of benzene rings is 5. The van der Waals surface area contributed by atoms with Gasteiger partial charge in [-0.1, -0.05) is 139 Å². The number of nitrogens with zero attached hydrogens (tertiary/aromatic N) is 2. The summed E-state index contributed by atoms with van der Waals surface area (Å²) in [4.78, 5) is 2.56. The first-order valence-corrected chi connectivity index (χ1v) is 26.8. The summed E-state index contributed by atoms with van der Waals surface area (Å²) < 4.78 is 9.21. The van der Waals surface area contributed by atoms with Crippen LogP contribution in [-0.2, 0) is 18.3 Å². The number of aryl methyl sites for hydroxylation is 1. The van der Waals surface area contributed by atoms with Crippen molar-refractivity contribution in [2.24, 2.45) is 0 Å². The number of para-hydroxylation sites is 3. The highest BCUT2D eigenvalue weighted by atomic mass is 28.3. The monoisotopic (exact) mass is 750 g/mol. The summed E-state index contributed by atoms with van der Waals surface area (Å²) in [5, 5.41) is 7.97. The molecule has 2 aliphatic carbocycles. The van der Waals surface area contributed by atoms with Crippen LogP contribution in [0, 0.1) is 0 Å². The number of hydrogen-bond acceptors (Lipinski definition) is 2. The molecule has 5 aromatic carbocycles. The van der Waals surface area contributed by atoms with E-state index < -0.39 is 16.1 Å². The Morgan fingerprint density at radius 1 is 0.636 bits per heavy atom. The third kappa shape index (κ3) is 4.67. The van der Waals surface area contributed by atoms with Gasteiger partial charge in [0.25, 0.3) is 0 Å². The van der Waals surface area contributed by atoms with Crippen molar-refractivity contribution in [2.75, 3.05) is 4.90 Å². The number of hydrogen-bond donors (Lipinski definition) is 0. The van der Waals surface area contributed by atoms with E-state index in [0.29, 0.717) is 0 Å². The Morgan fingerprint density at radius 2 is 1.29 bits per heavy atom. The molecule has 0 spiro atoms. The second-order valence-corrected chi connectivity index (χ2v) is 27.7. The van der Waals surface area contributed by atoms with Gasteiger partial charge in [-0.3, -0.25) is 0 Å². The molecule has 4 heterocycles. The molecule has 11 rings (SSSR count). The van der Waals surface area contributed by atoms with E-state index in [2.05, 4.69) is 153 Å². The zero-order valence-corrected chi connectivity index (χ0v) is 35.6. The summed E-state index contributed by atoms with van der Waals surface area (Å²) in [6.07, 6.45) is 8.07. The fourth-order valence-corrected chi connectivity index (χ4v) is 17.8. The van der Waals surface area contributed by atoms with Gasteiger partial charge in [0.15, 0.2) is 5.75 Å². The van der Waals surface area contributed by atoms with E-state index in [0.717, 1.165) is 30.8 Å². The molecule has 0 amide bonds. The van der Waals surface area contributed by atoms with Gasteiger partial charge in [0.1, 0.15) is 21.9 Å². The number of anilines is 2. The molecule has 0 atom stereocenters. The Balaban J connectivity index is 1.15. The fraction of sp³-hybridized carbons (Fsp3) is 0.306. The first-order chi connectivity index (χ1) is 26.4. The Bertz CT molecular complexity index is 2680. The van der Waals surface area contributed by atoms with Crippen molar-refractivity contribution >= 4 is 82.3 Å². The Hall–Kier alpha value is -4.52. The van der Waals surface area contributed by atoms with Gasteiger partial charge in [0, 0.05) is 28.9 Å². The zero-order chi connectivity index (χ0) is 37.6. The van der Waals surface area contributed by atoms with E-state index in [9.17, 15) is 0 Å². The molecule has 0 saturated carbocycles. The van der Waals surface area contributed by atoms with Crippen LogP contribution in [0.4, 0.5) is 11.4 Å². The first-order valence-electron chi connectivity index (χ1n) is 20.8. The zero-order valence-electron chi connectivity index (χ0n) is 33.6. The van der Waals surface area contributed by atoms with Gasteiger partial charge in [0.2, 0.25) is 6.71 Å². The fourth-order valence-electron chi connectivity index (χ4n) is 11.3. The predicted molar refractivity (Wildman–Crippen MR) is 240 cm³/mol. The molecule has 1 aromatic heterocycles. The average molecular weight is 751 g/mol. The number of fused-ring (bicyclic) bond motifs is 8. The molecule has 3 aliphatic heterocycles. The second-order valence-electron chi connectivity index (χ2n) is 19.1. The van der Waals surface area contributed by atoms with Gasteiger partial charge in [0.05, 0.1) is 16.9 Å². The molecule has 0 unspecified atom stereocenters. The number of ether oxygens (including phenoxy) is 1. The normalized spacial score (nSPS) is 18.6. The Labute approximate surface area is 329 Å². The maximum absolute atomic E-state index is 6.58. The molecule has 55 heavy (non-hydrogen) atoms. The van der Waals surface area contributed by atoms with Gasteiger partial charge in [-0.15, -0.1) is 0 Å². The Morgan fingerprint density at radius 3 is 2.04 bits per heavy atom. The van der Waals surface area contributed by atoms with E-state index in [-0.39, 0.29) is 12.1 Å². The smallest absolute Gasteiger partial charge is 0.240 e. The summed E-state index contributed by atoms with van der Waals surface area (Å²) in [6, 6.07) is 38.4. The van der Waals surface area contributed by atoms with Crippen LogP contribution < -0.4 is 46.8 Å². The van der Waals surface area contributed by atoms with Crippen LogP contribution in [0.5, 0.6) is 5.75 Å². The number of allylic oxidation sites excluding steroid dienone is 2. The van der Waals surface area contributed by atoms with Crippen LogP contribution in [-0.4, -0.2) is 27.4 Å². The van der Waals surface area contributed by atoms with Gasteiger partial charge < -0.3 is 14.2 Å². The Kier molecular flexibility index (Phi) is 7.08. The maximum atomic E-state index is 6.58. The highest BCUT2D eigenvalue weighted by Gasteiger charge is 2.50. The van der Waals surface area contributed by atoms with Crippen molar-refractivity contribution < 1.29 is 4.74 Å². The molecule has 0 saturated heterocycles. The molecule has 6 aromatic rings. The molecule has 0 radical (unpaired) electrons. The molecule has 0 bridgehead atoms. The van der Waals surface area contributed by atoms with Crippen molar-refractivity contribution in [1.82, 2.24) is 4.57 Å². The van der Waals surface area contributed by atoms with E-state index in [4.69, 9.17) is 4.74 Å². The summed E-state index contributed by atoms with van der Waals surface area (Å²) in [5.74, 6) is 2.14. The van der Waals surface area contributed by atoms with Gasteiger partial charge in [-0.25, -0.2) is 0 Å². The van der Waals surface area contributed by atoms with Gasteiger partial charge in [-0.05, 0) is 97.5 Å². The van der Waals surface area contributed by atoms with Crippen LogP contribution in [0.1, 0.15) is 69.7 Å². The van der Waals surface area contributed by atoms with Crippen molar-refractivity contribution in [1.29, 1.82) is 0 Å². The molecule has 274 valence electrons. The molecule has 6 heteroatoms. The second kappa shape index (κ2) is 11.5. The van der Waals surface area contributed by atoms with E-state index in [1.54, 1.807) is 37.2 Å². The first kappa shape index (κ1) is 33.8. The molecular formula is C49H51BN2OSi2. The molecule has 0 N–H and O–H groups in total. The minimum absolute atomic E-state index is 0.0617. The lowest BCUT2D eigenvalue weighted by Crippen LogP contribution is -2.86.